The first-order chi connectivity index (χ1) is 17.4. The second-order valence-electron chi connectivity index (χ2n) is 9.58. The summed E-state index contributed by atoms with van der Waals surface area (Å²) in [5.41, 5.74) is 1.39. The van der Waals surface area contributed by atoms with Crippen molar-refractivity contribution in [2.24, 2.45) is 0 Å². The van der Waals surface area contributed by atoms with Gasteiger partial charge in [-0.3, -0.25) is 4.57 Å². The van der Waals surface area contributed by atoms with Crippen molar-refractivity contribution >= 4 is 10.8 Å². The summed E-state index contributed by atoms with van der Waals surface area (Å²) in [7, 11) is 0. The van der Waals surface area contributed by atoms with Gasteiger partial charge in [-0.25, -0.2) is 0 Å². The highest BCUT2D eigenvalue weighted by molar-refractivity contribution is 5.95. The monoisotopic (exact) mass is 477 g/mol. The molecular weight excluding hydrogens is 454 g/mol. The summed E-state index contributed by atoms with van der Waals surface area (Å²) in [6.07, 6.45) is 1.89. The molecule has 0 spiro atoms. The molecule has 0 aliphatic carbocycles. The van der Waals surface area contributed by atoms with E-state index in [0.717, 1.165) is 10.8 Å². The standard InChI is InChI=1S/C29H23N3O4/c1-28-12-13-29(36-28,14-15-35-20-9-6-18(16-30)7-10-20)25-24(28)26(33)32(27(25)34)23-11-8-19(17-31)21-4-2-3-5-22(21)23/h2-11,33-34H,12-15H2,1H3/t28-,29-/m1/s1. The first-order valence-corrected chi connectivity index (χ1v) is 11.8. The summed E-state index contributed by atoms with van der Waals surface area (Å²) in [5.74, 6) is 0.548. The molecule has 1 fully saturated rings. The van der Waals surface area contributed by atoms with Crippen LogP contribution in [0, 0.1) is 22.7 Å². The minimum atomic E-state index is -0.786. The van der Waals surface area contributed by atoms with E-state index in [2.05, 4.69) is 12.1 Å². The van der Waals surface area contributed by atoms with Crippen LogP contribution in [0.3, 0.4) is 0 Å². The van der Waals surface area contributed by atoms with Crippen molar-refractivity contribution in [1.29, 1.82) is 10.5 Å². The SMILES string of the molecule is C[C@]12CC[C@](CCOc3ccc(C#N)cc3)(O1)c1c2c(O)n(-c2ccc(C#N)c3ccccc23)c1O. The van der Waals surface area contributed by atoms with Crippen LogP contribution in [0.5, 0.6) is 17.5 Å². The van der Waals surface area contributed by atoms with Gasteiger partial charge < -0.3 is 19.7 Å². The highest BCUT2D eigenvalue weighted by Gasteiger charge is 2.61. The Kier molecular flexibility index (Phi) is 4.76. The van der Waals surface area contributed by atoms with Gasteiger partial charge in [0.2, 0.25) is 11.8 Å². The smallest absolute Gasteiger partial charge is 0.205 e. The molecule has 36 heavy (non-hydrogen) atoms. The number of hydrogen-bond donors (Lipinski definition) is 2. The van der Waals surface area contributed by atoms with Gasteiger partial charge >= 0.3 is 0 Å². The van der Waals surface area contributed by atoms with E-state index in [1.165, 1.54) is 4.57 Å². The molecule has 7 heteroatoms. The average Bonchev–Trinajstić information content (AvgIpc) is 3.48. The Labute approximate surface area is 208 Å². The molecule has 0 amide bonds. The number of hydrogen-bond acceptors (Lipinski definition) is 6. The van der Waals surface area contributed by atoms with Gasteiger partial charge in [-0.05, 0) is 56.2 Å². The van der Waals surface area contributed by atoms with E-state index in [1.54, 1.807) is 36.4 Å². The fourth-order valence-corrected chi connectivity index (χ4v) is 5.87. The van der Waals surface area contributed by atoms with Gasteiger partial charge in [0.05, 0.1) is 52.3 Å². The normalized spacial score (nSPS) is 21.8. The molecule has 3 aromatic carbocycles. The molecule has 0 unspecified atom stereocenters. The third kappa shape index (κ3) is 3.00. The number of benzene rings is 3. The predicted molar refractivity (Wildman–Crippen MR) is 132 cm³/mol. The minimum absolute atomic E-state index is 0.0468. The van der Waals surface area contributed by atoms with Gasteiger partial charge in [-0.2, -0.15) is 10.5 Å². The Bertz CT molecular complexity index is 1610. The molecule has 2 aliphatic heterocycles. The summed E-state index contributed by atoms with van der Waals surface area (Å²) in [6, 6.07) is 22.1. The van der Waals surface area contributed by atoms with Gasteiger partial charge in [0.25, 0.3) is 0 Å². The molecule has 1 saturated heterocycles. The van der Waals surface area contributed by atoms with E-state index >= 15 is 0 Å². The molecule has 2 bridgehead atoms. The van der Waals surface area contributed by atoms with Crippen LogP contribution in [0.15, 0.2) is 60.7 Å². The molecule has 7 nitrogen and oxygen atoms in total. The maximum atomic E-state index is 11.5. The van der Waals surface area contributed by atoms with Crippen molar-refractivity contribution in [3.05, 3.63) is 82.9 Å². The molecule has 0 saturated carbocycles. The maximum absolute atomic E-state index is 11.5. The summed E-state index contributed by atoms with van der Waals surface area (Å²) in [6.45, 7) is 2.29. The Morgan fingerprint density at radius 2 is 1.64 bits per heavy atom. The van der Waals surface area contributed by atoms with Crippen LogP contribution in [0.25, 0.3) is 16.5 Å². The number of rotatable bonds is 5. The zero-order valence-electron chi connectivity index (χ0n) is 19.7. The van der Waals surface area contributed by atoms with Crippen LogP contribution >= 0.6 is 0 Å². The lowest BCUT2D eigenvalue weighted by atomic mass is 9.78. The van der Waals surface area contributed by atoms with Crippen molar-refractivity contribution in [1.82, 2.24) is 4.57 Å². The lowest BCUT2D eigenvalue weighted by Crippen LogP contribution is -2.25. The Morgan fingerprint density at radius 1 is 0.917 bits per heavy atom. The summed E-state index contributed by atoms with van der Waals surface area (Å²) < 4.78 is 13.9. The summed E-state index contributed by atoms with van der Waals surface area (Å²) in [4.78, 5) is 0. The largest absolute Gasteiger partial charge is 0.494 e. The zero-order chi connectivity index (χ0) is 25.1. The minimum Gasteiger partial charge on any atom is -0.494 e. The number of aromatic nitrogens is 1. The maximum Gasteiger partial charge on any atom is 0.205 e. The van der Waals surface area contributed by atoms with Crippen LogP contribution in [0.4, 0.5) is 0 Å². The van der Waals surface area contributed by atoms with Gasteiger partial charge in [-0.1, -0.05) is 24.3 Å². The van der Waals surface area contributed by atoms with Crippen LogP contribution in [0.2, 0.25) is 0 Å². The number of nitrogens with zero attached hydrogens (tertiary/aromatic N) is 3. The first-order valence-electron chi connectivity index (χ1n) is 11.8. The number of ether oxygens (including phenoxy) is 2. The second-order valence-corrected chi connectivity index (χ2v) is 9.58. The summed E-state index contributed by atoms with van der Waals surface area (Å²) in [5, 5.41) is 43.0. The topological polar surface area (TPSA) is 111 Å². The quantitative estimate of drug-likeness (QED) is 0.393. The molecule has 2 N–H and O–H groups in total. The van der Waals surface area contributed by atoms with Gasteiger partial charge in [0.15, 0.2) is 0 Å². The fraction of sp³-hybridized carbons (Fsp3) is 0.241. The lowest BCUT2D eigenvalue weighted by Gasteiger charge is -2.26. The molecular formula is C29H23N3O4. The van der Waals surface area contributed by atoms with E-state index < -0.39 is 11.2 Å². The van der Waals surface area contributed by atoms with Crippen LogP contribution < -0.4 is 4.74 Å². The zero-order valence-corrected chi connectivity index (χ0v) is 19.7. The third-order valence-electron chi connectivity index (χ3n) is 7.55. The van der Waals surface area contributed by atoms with Gasteiger partial charge in [0, 0.05) is 17.2 Å². The Balaban J connectivity index is 1.40. The van der Waals surface area contributed by atoms with Crippen LogP contribution in [0.1, 0.15) is 48.4 Å². The Hall–Kier alpha value is -4.46. The molecule has 0 radical (unpaired) electrons. The van der Waals surface area contributed by atoms with Gasteiger partial charge in [0.1, 0.15) is 11.4 Å². The second kappa shape index (κ2) is 7.78. The van der Waals surface area contributed by atoms with E-state index in [4.69, 9.17) is 14.7 Å². The molecule has 2 atom stereocenters. The lowest BCUT2D eigenvalue weighted by molar-refractivity contribution is -0.0876. The molecule has 3 heterocycles. The number of fused-ring (bicyclic) bond motifs is 6. The number of aromatic hydroxyl groups is 2. The average molecular weight is 478 g/mol. The van der Waals surface area contributed by atoms with Crippen molar-refractivity contribution in [2.75, 3.05) is 6.61 Å². The van der Waals surface area contributed by atoms with Crippen LogP contribution in [-0.4, -0.2) is 21.4 Å². The molecule has 2 aliphatic rings. The van der Waals surface area contributed by atoms with E-state index in [0.29, 0.717) is 59.6 Å². The number of nitriles is 2. The van der Waals surface area contributed by atoms with Crippen LogP contribution in [-0.2, 0) is 15.9 Å². The molecule has 178 valence electrons. The molecule has 6 rings (SSSR count). The molecule has 4 aromatic rings. The highest BCUT2D eigenvalue weighted by Crippen LogP contribution is 2.65. The van der Waals surface area contributed by atoms with Crippen molar-refractivity contribution in [2.45, 2.75) is 37.4 Å². The highest BCUT2D eigenvalue weighted by atomic mass is 16.5. The van der Waals surface area contributed by atoms with E-state index in [9.17, 15) is 15.5 Å². The molecule has 1 aromatic heterocycles. The van der Waals surface area contributed by atoms with Crippen molar-refractivity contribution in [3.63, 3.8) is 0 Å². The first kappa shape index (κ1) is 22.0. The third-order valence-corrected chi connectivity index (χ3v) is 7.55. The predicted octanol–water partition coefficient (Wildman–Crippen LogP) is 5.49. The van der Waals surface area contributed by atoms with E-state index in [-0.39, 0.29) is 11.8 Å². The van der Waals surface area contributed by atoms with Crippen molar-refractivity contribution in [3.8, 4) is 35.3 Å². The van der Waals surface area contributed by atoms with E-state index in [1.807, 2.05) is 31.2 Å². The fourth-order valence-electron chi connectivity index (χ4n) is 5.87. The van der Waals surface area contributed by atoms with Gasteiger partial charge in [-0.15, -0.1) is 0 Å². The summed E-state index contributed by atoms with van der Waals surface area (Å²) >= 11 is 0. The van der Waals surface area contributed by atoms with Crippen molar-refractivity contribution < 1.29 is 19.7 Å². The Morgan fingerprint density at radius 3 is 2.36 bits per heavy atom.